The fraction of sp³-hybridized carbons (Fsp3) is 0.182. The Morgan fingerprint density at radius 3 is 2.28 bits per heavy atom. The van der Waals surface area contributed by atoms with E-state index in [0.29, 0.717) is 17.9 Å². The van der Waals surface area contributed by atoms with Crippen LogP contribution in [-0.4, -0.2) is 26.7 Å². The van der Waals surface area contributed by atoms with Crippen molar-refractivity contribution in [2.75, 3.05) is 0 Å². The first-order chi connectivity index (χ1) is 18.9. The average molecular weight is 519 g/mol. The second-order valence-corrected chi connectivity index (χ2v) is 9.68. The lowest BCUT2D eigenvalue weighted by molar-refractivity contribution is -0.140. The number of aliphatic hydroxyl groups is 1. The molecule has 0 bridgehead atoms. The minimum Gasteiger partial charge on any atom is -0.507 e. The highest BCUT2D eigenvalue weighted by Crippen LogP contribution is 2.40. The molecule has 4 aromatic rings. The summed E-state index contributed by atoms with van der Waals surface area (Å²) in [6.07, 6.45) is 4.18. The zero-order valence-electron chi connectivity index (χ0n) is 22.0. The van der Waals surface area contributed by atoms with Crippen molar-refractivity contribution in [2.45, 2.75) is 39.5 Å². The van der Waals surface area contributed by atoms with E-state index in [-0.39, 0.29) is 17.9 Å². The maximum Gasteiger partial charge on any atom is 0.295 e. The van der Waals surface area contributed by atoms with Crippen molar-refractivity contribution < 1.29 is 19.4 Å². The van der Waals surface area contributed by atoms with Gasteiger partial charge in [-0.1, -0.05) is 61.0 Å². The van der Waals surface area contributed by atoms with Crippen LogP contribution < -0.4 is 4.74 Å². The number of ketones is 1. The number of rotatable bonds is 8. The molecular weight excluding hydrogens is 488 g/mol. The lowest BCUT2D eigenvalue weighted by atomic mass is 9.94. The van der Waals surface area contributed by atoms with E-state index >= 15 is 0 Å². The summed E-state index contributed by atoms with van der Waals surface area (Å²) in [5.74, 6) is -0.916. The smallest absolute Gasteiger partial charge is 0.295 e. The third kappa shape index (κ3) is 5.60. The maximum atomic E-state index is 13.3. The van der Waals surface area contributed by atoms with Crippen molar-refractivity contribution in [1.82, 2.24) is 9.88 Å². The number of pyridine rings is 1. The zero-order valence-corrected chi connectivity index (χ0v) is 22.0. The Bertz CT molecular complexity index is 1510. The number of hydrogen-bond donors (Lipinski definition) is 1. The van der Waals surface area contributed by atoms with E-state index in [2.05, 4.69) is 18.0 Å². The molecule has 2 heterocycles. The third-order valence-electron chi connectivity index (χ3n) is 6.96. The lowest BCUT2D eigenvalue weighted by Gasteiger charge is -2.25. The van der Waals surface area contributed by atoms with Crippen molar-refractivity contribution >= 4 is 17.4 Å². The molecule has 0 aliphatic carbocycles. The predicted molar refractivity (Wildman–Crippen MR) is 150 cm³/mol. The van der Waals surface area contributed by atoms with Crippen LogP contribution in [0.5, 0.6) is 5.75 Å². The summed E-state index contributed by atoms with van der Waals surface area (Å²) in [7, 11) is 0. The van der Waals surface area contributed by atoms with Gasteiger partial charge in [-0.25, -0.2) is 0 Å². The van der Waals surface area contributed by atoms with E-state index in [1.54, 1.807) is 36.7 Å². The minimum absolute atomic E-state index is 0.0757. The van der Waals surface area contributed by atoms with Gasteiger partial charge >= 0.3 is 0 Å². The molecule has 1 aliphatic rings. The number of likely N-dealkylation sites (tertiary alicyclic amines) is 1. The van der Waals surface area contributed by atoms with Gasteiger partial charge < -0.3 is 14.7 Å². The molecule has 3 aromatic carbocycles. The summed E-state index contributed by atoms with van der Waals surface area (Å²) >= 11 is 0. The van der Waals surface area contributed by atoms with Crippen LogP contribution in [0.1, 0.15) is 46.3 Å². The normalized spacial score (nSPS) is 16.5. The van der Waals surface area contributed by atoms with Gasteiger partial charge in [0.2, 0.25) is 0 Å². The number of aromatic nitrogens is 1. The van der Waals surface area contributed by atoms with Crippen LogP contribution >= 0.6 is 0 Å². The molecule has 6 heteroatoms. The van der Waals surface area contributed by atoms with Gasteiger partial charge in [-0.15, -0.1) is 0 Å². The van der Waals surface area contributed by atoms with Crippen LogP contribution in [0.4, 0.5) is 0 Å². The molecule has 0 saturated carbocycles. The Hall–Kier alpha value is -4.71. The number of amides is 1. The molecule has 0 spiro atoms. The van der Waals surface area contributed by atoms with Crippen LogP contribution in [0.3, 0.4) is 0 Å². The fourth-order valence-electron chi connectivity index (χ4n) is 4.84. The topological polar surface area (TPSA) is 79.7 Å². The molecule has 39 heavy (non-hydrogen) atoms. The Balaban J connectivity index is 1.47. The molecule has 0 radical (unpaired) electrons. The number of aryl methyl sites for hydroxylation is 2. The van der Waals surface area contributed by atoms with Crippen LogP contribution in [-0.2, 0) is 29.2 Å². The van der Waals surface area contributed by atoms with Crippen LogP contribution in [0, 0.1) is 6.92 Å². The molecule has 6 nitrogen and oxygen atoms in total. The predicted octanol–water partition coefficient (Wildman–Crippen LogP) is 6.15. The quantitative estimate of drug-likeness (QED) is 0.172. The number of carbonyl (C=O) groups is 2. The summed E-state index contributed by atoms with van der Waals surface area (Å²) in [6, 6.07) is 25.7. The van der Waals surface area contributed by atoms with Gasteiger partial charge in [0.15, 0.2) is 0 Å². The Morgan fingerprint density at radius 1 is 0.897 bits per heavy atom. The summed E-state index contributed by atoms with van der Waals surface area (Å²) in [5.41, 5.74) is 5.49. The van der Waals surface area contributed by atoms with Crippen LogP contribution in [0.15, 0.2) is 103 Å². The van der Waals surface area contributed by atoms with Gasteiger partial charge in [0.05, 0.1) is 11.6 Å². The van der Waals surface area contributed by atoms with Gasteiger partial charge in [-0.3, -0.25) is 14.6 Å². The van der Waals surface area contributed by atoms with Gasteiger partial charge in [0, 0.05) is 24.5 Å². The van der Waals surface area contributed by atoms with Crippen molar-refractivity contribution in [2.24, 2.45) is 0 Å². The Labute approximate surface area is 228 Å². The van der Waals surface area contributed by atoms with Crippen molar-refractivity contribution in [3.8, 4) is 5.75 Å². The summed E-state index contributed by atoms with van der Waals surface area (Å²) in [4.78, 5) is 32.2. The molecule has 1 unspecified atom stereocenters. The van der Waals surface area contributed by atoms with Gasteiger partial charge in [-0.2, -0.15) is 0 Å². The first kappa shape index (κ1) is 25.9. The monoisotopic (exact) mass is 518 g/mol. The number of carbonyl (C=O) groups excluding carboxylic acids is 2. The first-order valence-electron chi connectivity index (χ1n) is 13.0. The third-order valence-corrected chi connectivity index (χ3v) is 6.96. The zero-order chi connectivity index (χ0) is 27.4. The highest BCUT2D eigenvalue weighted by Gasteiger charge is 2.46. The second-order valence-electron chi connectivity index (χ2n) is 9.68. The van der Waals surface area contributed by atoms with E-state index < -0.39 is 17.7 Å². The van der Waals surface area contributed by atoms with Crippen LogP contribution in [0.2, 0.25) is 0 Å². The molecule has 196 valence electrons. The Morgan fingerprint density at radius 2 is 1.62 bits per heavy atom. The van der Waals surface area contributed by atoms with Crippen molar-refractivity contribution in [3.05, 3.63) is 136 Å². The van der Waals surface area contributed by atoms with Crippen LogP contribution in [0.25, 0.3) is 5.76 Å². The van der Waals surface area contributed by atoms with E-state index in [1.807, 2.05) is 61.5 Å². The standard InChI is InChI=1S/C33H30N2O4/c1-3-23-7-9-26(10-8-23)30-29(32(37)33(38)35(30)20-24-15-17-34-18-16-24)31(36)27-11-13-28(14-12-27)39-21-25-6-4-5-22(2)19-25/h4-19,30,36H,3,20-21H2,1-2H3/b31-29+. The molecule has 1 fully saturated rings. The SMILES string of the molecule is CCc1ccc(C2/C(=C(\O)c3ccc(OCc4cccc(C)c4)cc3)C(=O)C(=O)N2Cc2ccncc2)cc1. The number of hydrogen-bond acceptors (Lipinski definition) is 5. The number of benzene rings is 3. The average Bonchev–Trinajstić information content (AvgIpc) is 3.21. The second kappa shape index (κ2) is 11.4. The maximum absolute atomic E-state index is 13.3. The molecule has 1 saturated heterocycles. The molecular formula is C33H30N2O4. The molecule has 1 aromatic heterocycles. The summed E-state index contributed by atoms with van der Waals surface area (Å²) in [6.45, 7) is 4.74. The molecule has 1 aliphatic heterocycles. The van der Waals surface area contributed by atoms with E-state index in [4.69, 9.17) is 4.74 Å². The number of aliphatic hydroxyl groups excluding tert-OH is 1. The molecule has 1 amide bonds. The molecule has 1 N–H and O–H groups in total. The largest absolute Gasteiger partial charge is 0.507 e. The van der Waals surface area contributed by atoms with Crippen molar-refractivity contribution in [3.63, 3.8) is 0 Å². The lowest BCUT2D eigenvalue weighted by Crippen LogP contribution is -2.29. The Kier molecular flexibility index (Phi) is 7.55. The minimum atomic E-state index is -0.721. The number of ether oxygens (including phenoxy) is 1. The van der Waals surface area contributed by atoms with Crippen molar-refractivity contribution in [1.29, 1.82) is 0 Å². The van der Waals surface area contributed by atoms with Gasteiger partial charge in [0.1, 0.15) is 18.1 Å². The number of Topliss-reactive ketones (excluding diaryl/α,β-unsaturated/α-hetero) is 1. The van der Waals surface area contributed by atoms with Gasteiger partial charge in [0.25, 0.3) is 11.7 Å². The summed E-state index contributed by atoms with van der Waals surface area (Å²) in [5, 5.41) is 11.4. The van der Waals surface area contributed by atoms with E-state index in [1.165, 1.54) is 4.90 Å². The van der Waals surface area contributed by atoms with Gasteiger partial charge in [-0.05, 0) is 72.0 Å². The molecule has 5 rings (SSSR count). The number of nitrogens with zero attached hydrogens (tertiary/aromatic N) is 2. The van der Waals surface area contributed by atoms with E-state index in [0.717, 1.165) is 34.2 Å². The highest BCUT2D eigenvalue weighted by atomic mass is 16.5. The summed E-state index contributed by atoms with van der Waals surface area (Å²) < 4.78 is 5.91. The first-order valence-corrected chi connectivity index (χ1v) is 13.0. The van der Waals surface area contributed by atoms with E-state index in [9.17, 15) is 14.7 Å². The molecule has 1 atom stereocenters. The fourth-order valence-corrected chi connectivity index (χ4v) is 4.84. The highest BCUT2D eigenvalue weighted by molar-refractivity contribution is 6.46.